The molecule has 1 aromatic heterocycles. The third-order valence-electron chi connectivity index (χ3n) is 5.52. The lowest BCUT2D eigenvalue weighted by Gasteiger charge is -2.26. The molecule has 6 nitrogen and oxygen atoms in total. The highest BCUT2D eigenvalue weighted by Gasteiger charge is 2.20. The molecule has 1 N–H and O–H groups in total. The van der Waals surface area contributed by atoms with Gasteiger partial charge < -0.3 is 5.32 Å². The third-order valence-corrected chi connectivity index (χ3v) is 6.44. The predicted octanol–water partition coefficient (Wildman–Crippen LogP) is 4.43. The average molecular weight is 448 g/mol. The molecule has 8 heteroatoms. The molecule has 3 rings (SSSR count). The van der Waals surface area contributed by atoms with Gasteiger partial charge in [0.1, 0.15) is 5.82 Å². The fraction of sp³-hybridized carbons (Fsp3) is 0.609. The number of aromatic nitrogens is 3. The molecule has 170 valence electrons. The Hall–Kier alpha value is -1.93. The maximum atomic E-state index is 13.5. The number of halogens is 1. The topological polar surface area (TPSA) is 63.1 Å². The van der Waals surface area contributed by atoms with Gasteiger partial charge in [0.15, 0.2) is 11.0 Å². The summed E-state index contributed by atoms with van der Waals surface area (Å²) in [7, 11) is 0. The molecule has 0 spiro atoms. The lowest BCUT2D eigenvalue weighted by molar-refractivity contribution is -0.119. The first-order chi connectivity index (χ1) is 14.9. The monoisotopic (exact) mass is 447 g/mol. The van der Waals surface area contributed by atoms with Crippen LogP contribution in [0.25, 0.3) is 5.69 Å². The van der Waals surface area contributed by atoms with Crippen molar-refractivity contribution in [1.29, 1.82) is 0 Å². The van der Waals surface area contributed by atoms with Crippen LogP contribution in [-0.4, -0.2) is 50.5 Å². The van der Waals surface area contributed by atoms with Crippen LogP contribution >= 0.6 is 11.8 Å². The molecule has 2 aromatic rings. The second kappa shape index (κ2) is 11.6. The molecule has 1 aliphatic rings. The zero-order valence-electron chi connectivity index (χ0n) is 18.8. The van der Waals surface area contributed by atoms with Crippen molar-refractivity contribution in [3.8, 4) is 5.69 Å². The Balaban J connectivity index is 1.69. The van der Waals surface area contributed by atoms with Crippen LogP contribution in [0, 0.1) is 11.7 Å². The quantitative estimate of drug-likeness (QED) is 0.546. The van der Waals surface area contributed by atoms with Crippen molar-refractivity contribution in [2.75, 3.05) is 18.8 Å². The van der Waals surface area contributed by atoms with Gasteiger partial charge in [-0.25, -0.2) is 4.39 Å². The molecule has 1 saturated heterocycles. The summed E-state index contributed by atoms with van der Waals surface area (Å²) in [5.41, 5.74) is 0.812. The van der Waals surface area contributed by atoms with Crippen molar-refractivity contribution in [3.63, 3.8) is 0 Å². The Morgan fingerprint density at radius 1 is 1.10 bits per heavy atom. The average Bonchev–Trinajstić information content (AvgIpc) is 3.14. The minimum Gasteiger partial charge on any atom is -0.353 e. The summed E-state index contributed by atoms with van der Waals surface area (Å²) >= 11 is 1.37. The molecule has 1 atom stereocenters. The number of rotatable bonds is 10. The van der Waals surface area contributed by atoms with Gasteiger partial charge in [-0.1, -0.05) is 32.0 Å². The zero-order valence-corrected chi connectivity index (χ0v) is 19.6. The number of likely N-dealkylation sites (tertiary alicyclic amines) is 1. The van der Waals surface area contributed by atoms with Gasteiger partial charge in [-0.05, 0) is 75.9 Å². The smallest absolute Gasteiger partial charge is 0.230 e. The van der Waals surface area contributed by atoms with Crippen molar-refractivity contribution in [3.05, 3.63) is 35.9 Å². The van der Waals surface area contributed by atoms with E-state index in [0.717, 1.165) is 37.4 Å². The van der Waals surface area contributed by atoms with Crippen LogP contribution in [0.2, 0.25) is 0 Å². The van der Waals surface area contributed by atoms with Crippen LogP contribution in [0.5, 0.6) is 0 Å². The number of nitrogens with one attached hydrogen (secondary N) is 1. The molecule has 31 heavy (non-hydrogen) atoms. The Bertz CT molecular complexity index is 833. The van der Waals surface area contributed by atoms with E-state index in [1.165, 1.54) is 43.2 Å². The van der Waals surface area contributed by atoms with E-state index in [2.05, 4.69) is 34.3 Å². The summed E-state index contributed by atoms with van der Waals surface area (Å²) in [6.07, 6.45) is 5.73. The number of hydrogen-bond acceptors (Lipinski definition) is 5. The normalized spacial score (nSPS) is 15.9. The van der Waals surface area contributed by atoms with Crippen LogP contribution in [0.3, 0.4) is 0 Å². The van der Waals surface area contributed by atoms with Gasteiger partial charge in [-0.15, -0.1) is 10.2 Å². The molecule has 1 aliphatic heterocycles. The number of benzene rings is 1. The number of nitrogens with zero attached hydrogens (tertiary/aromatic N) is 4. The van der Waals surface area contributed by atoms with Crippen LogP contribution in [-0.2, 0) is 11.3 Å². The van der Waals surface area contributed by atoms with E-state index in [-0.39, 0.29) is 23.5 Å². The molecule has 1 aromatic carbocycles. The highest BCUT2D eigenvalue weighted by atomic mass is 32.2. The molecular weight excluding hydrogens is 413 g/mol. The lowest BCUT2D eigenvalue weighted by atomic mass is 10.0. The van der Waals surface area contributed by atoms with Crippen LogP contribution in [0.15, 0.2) is 29.4 Å². The number of amides is 1. The van der Waals surface area contributed by atoms with Gasteiger partial charge in [0.25, 0.3) is 0 Å². The Morgan fingerprint density at radius 2 is 1.81 bits per heavy atom. The number of hydrogen-bond donors (Lipinski definition) is 1. The van der Waals surface area contributed by atoms with Gasteiger partial charge in [0.05, 0.1) is 12.3 Å². The van der Waals surface area contributed by atoms with E-state index in [4.69, 9.17) is 0 Å². The molecule has 0 radical (unpaired) electrons. The maximum Gasteiger partial charge on any atom is 0.230 e. The van der Waals surface area contributed by atoms with Crippen LogP contribution in [0.1, 0.15) is 58.7 Å². The van der Waals surface area contributed by atoms with Gasteiger partial charge in [0, 0.05) is 11.7 Å². The van der Waals surface area contributed by atoms with Crippen LogP contribution < -0.4 is 5.32 Å². The van der Waals surface area contributed by atoms with Crippen molar-refractivity contribution < 1.29 is 9.18 Å². The van der Waals surface area contributed by atoms with E-state index in [0.29, 0.717) is 17.6 Å². The highest BCUT2D eigenvalue weighted by molar-refractivity contribution is 7.99. The van der Waals surface area contributed by atoms with E-state index in [9.17, 15) is 9.18 Å². The van der Waals surface area contributed by atoms with E-state index in [1.807, 2.05) is 11.5 Å². The Morgan fingerprint density at radius 3 is 2.48 bits per heavy atom. The molecule has 0 aliphatic carbocycles. The minimum atomic E-state index is -0.279. The second-order valence-corrected chi connectivity index (χ2v) is 9.72. The van der Waals surface area contributed by atoms with Crippen molar-refractivity contribution in [2.24, 2.45) is 5.92 Å². The molecule has 1 amide bonds. The number of piperidine rings is 1. The minimum absolute atomic E-state index is 0.00695. The van der Waals surface area contributed by atoms with E-state index in [1.54, 1.807) is 12.1 Å². The fourth-order valence-electron chi connectivity index (χ4n) is 3.77. The van der Waals surface area contributed by atoms with Gasteiger partial charge >= 0.3 is 0 Å². The summed E-state index contributed by atoms with van der Waals surface area (Å²) in [5.74, 6) is 1.43. The largest absolute Gasteiger partial charge is 0.353 e. The van der Waals surface area contributed by atoms with E-state index < -0.39 is 0 Å². The van der Waals surface area contributed by atoms with Crippen molar-refractivity contribution >= 4 is 17.7 Å². The number of carbonyl (C=O) groups excluding carboxylic acids is 1. The highest BCUT2D eigenvalue weighted by Crippen LogP contribution is 2.24. The summed E-state index contributed by atoms with van der Waals surface area (Å²) in [6.45, 7) is 9.22. The second-order valence-electron chi connectivity index (χ2n) is 8.78. The third kappa shape index (κ3) is 7.31. The molecular formula is C23H34FN5OS. The van der Waals surface area contributed by atoms with Crippen molar-refractivity contribution in [1.82, 2.24) is 25.0 Å². The van der Waals surface area contributed by atoms with E-state index >= 15 is 0 Å². The first-order valence-corrected chi connectivity index (χ1v) is 12.3. The maximum absolute atomic E-state index is 13.5. The summed E-state index contributed by atoms with van der Waals surface area (Å²) in [4.78, 5) is 14.8. The molecule has 0 bridgehead atoms. The summed E-state index contributed by atoms with van der Waals surface area (Å²) < 4.78 is 15.4. The lowest BCUT2D eigenvalue weighted by Crippen LogP contribution is -2.34. The SMILES string of the molecule is CC(C)CCC(C)NC(=O)CSc1nnc(CN2CCCCC2)n1-c1ccc(F)cc1. The fourth-order valence-corrected chi connectivity index (χ4v) is 4.55. The first-order valence-electron chi connectivity index (χ1n) is 11.3. The van der Waals surface area contributed by atoms with Crippen molar-refractivity contribution in [2.45, 2.75) is 70.6 Å². The molecule has 0 saturated carbocycles. The first kappa shape index (κ1) is 23.7. The van der Waals surface area contributed by atoms with Gasteiger partial charge in [0.2, 0.25) is 5.91 Å². The summed E-state index contributed by atoms with van der Waals surface area (Å²) in [6, 6.07) is 6.50. The molecule has 2 heterocycles. The standard InChI is InChI=1S/C23H34FN5OS/c1-17(2)7-8-18(3)25-22(30)16-31-23-27-26-21(15-28-13-5-4-6-14-28)29(23)20-11-9-19(24)10-12-20/h9-12,17-18H,4-8,13-16H2,1-3H3,(H,25,30). The molecule has 1 unspecified atom stereocenters. The van der Waals surface area contributed by atoms with Crippen LogP contribution in [0.4, 0.5) is 4.39 Å². The molecule has 1 fully saturated rings. The Kier molecular flexibility index (Phi) is 8.90. The Labute approximate surface area is 189 Å². The predicted molar refractivity (Wildman–Crippen MR) is 123 cm³/mol. The zero-order chi connectivity index (χ0) is 22.2. The summed E-state index contributed by atoms with van der Waals surface area (Å²) in [5, 5.41) is 12.5. The number of carbonyl (C=O) groups is 1. The van der Waals surface area contributed by atoms with Gasteiger partial charge in [-0.2, -0.15) is 0 Å². The number of thioether (sulfide) groups is 1. The van der Waals surface area contributed by atoms with Gasteiger partial charge in [-0.3, -0.25) is 14.3 Å².